The summed E-state index contributed by atoms with van der Waals surface area (Å²) in [5.41, 5.74) is 4.21. The number of hydrogen-bond acceptors (Lipinski definition) is 3. The summed E-state index contributed by atoms with van der Waals surface area (Å²) >= 11 is 0. The molecule has 1 aromatic heterocycles. The first kappa shape index (κ1) is 16.6. The molecule has 1 aromatic carbocycles. The van der Waals surface area contributed by atoms with E-state index in [2.05, 4.69) is 35.7 Å². The third-order valence-electron chi connectivity index (χ3n) is 5.38. The number of aromatic nitrogens is 1. The second kappa shape index (κ2) is 5.99. The van der Waals surface area contributed by atoms with Gasteiger partial charge in [0, 0.05) is 25.6 Å². The van der Waals surface area contributed by atoms with Crippen molar-refractivity contribution in [3.8, 4) is 12.3 Å². The minimum absolute atomic E-state index is 0.101. The minimum atomic E-state index is -0.191. The lowest BCUT2D eigenvalue weighted by Crippen LogP contribution is -2.44. The summed E-state index contributed by atoms with van der Waals surface area (Å²) in [6, 6.07) is 4.15. The summed E-state index contributed by atoms with van der Waals surface area (Å²) in [7, 11) is 1.76. The molecule has 3 rings (SSSR count). The molecule has 1 fully saturated rings. The number of piperidine rings is 1. The third-order valence-corrected chi connectivity index (χ3v) is 5.38. The molecule has 0 bridgehead atoms. The van der Waals surface area contributed by atoms with Gasteiger partial charge in [-0.3, -0.25) is 4.79 Å². The molecule has 2 aromatic rings. The summed E-state index contributed by atoms with van der Waals surface area (Å²) in [5, 5.41) is 1.02. The van der Waals surface area contributed by atoms with Crippen LogP contribution in [0, 0.1) is 26.2 Å². The molecule has 0 amide bonds. The van der Waals surface area contributed by atoms with Gasteiger partial charge in [0.05, 0.1) is 16.8 Å². The second-order valence-corrected chi connectivity index (χ2v) is 6.95. The smallest absolute Gasteiger partial charge is 0.266 e. The maximum absolute atomic E-state index is 12.5. The number of methoxy groups -OCH3 is 1. The van der Waals surface area contributed by atoms with Crippen molar-refractivity contribution in [2.75, 3.05) is 25.1 Å². The van der Waals surface area contributed by atoms with Crippen LogP contribution in [0.1, 0.15) is 36.5 Å². The van der Waals surface area contributed by atoms with Gasteiger partial charge < -0.3 is 14.6 Å². The molecule has 1 saturated heterocycles. The van der Waals surface area contributed by atoms with E-state index >= 15 is 0 Å². The lowest BCUT2D eigenvalue weighted by Gasteiger charge is -2.40. The van der Waals surface area contributed by atoms with Crippen molar-refractivity contribution in [3.63, 3.8) is 0 Å². The number of aryl methyl sites for hydroxylation is 2. The number of rotatable bonds is 2. The van der Waals surface area contributed by atoms with E-state index in [9.17, 15) is 4.79 Å². The molecule has 2 heterocycles. The summed E-state index contributed by atoms with van der Waals surface area (Å²) in [4.78, 5) is 17.6. The molecular weight excluding hydrogens is 300 g/mol. The van der Waals surface area contributed by atoms with Gasteiger partial charge in [0.25, 0.3) is 5.56 Å². The number of pyridine rings is 1. The highest BCUT2D eigenvalue weighted by molar-refractivity contribution is 5.95. The predicted molar refractivity (Wildman–Crippen MR) is 98.8 cm³/mol. The highest BCUT2D eigenvalue weighted by Gasteiger charge is 2.31. The fourth-order valence-corrected chi connectivity index (χ4v) is 3.41. The Morgan fingerprint density at radius 2 is 1.88 bits per heavy atom. The summed E-state index contributed by atoms with van der Waals surface area (Å²) in [5.74, 6) is 2.61. The zero-order chi connectivity index (χ0) is 17.5. The molecule has 4 heteroatoms. The average molecular weight is 324 g/mol. The highest BCUT2D eigenvalue weighted by atomic mass is 16.5. The van der Waals surface area contributed by atoms with E-state index in [1.54, 1.807) is 7.11 Å². The van der Waals surface area contributed by atoms with Gasteiger partial charge in [0.1, 0.15) is 5.56 Å². The first-order chi connectivity index (χ1) is 11.4. The first-order valence-corrected chi connectivity index (χ1v) is 8.32. The minimum Gasteiger partial charge on any atom is -0.378 e. The molecule has 0 unspecified atom stereocenters. The number of terminal acetylenes is 1. The van der Waals surface area contributed by atoms with Crippen LogP contribution in [0.4, 0.5) is 5.69 Å². The monoisotopic (exact) mass is 324 g/mol. The van der Waals surface area contributed by atoms with Crippen molar-refractivity contribution in [1.82, 2.24) is 4.98 Å². The number of ether oxygens (including phenoxy) is 1. The molecule has 0 radical (unpaired) electrons. The Hall–Kier alpha value is -2.25. The van der Waals surface area contributed by atoms with E-state index in [-0.39, 0.29) is 11.2 Å². The van der Waals surface area contributed by atoms with Gasteiger partial charge >= 0.3 is 0 Å². The van der Waals surface area contributed by atoms with Gasteiger partial charge in [-0.2, -0.15) is 0 Å². The number of benzene rings is 1. The Labute approximate surface area is 142 Å². The molecule has 0 aliphatic carbocycles. The van der Waals surface area contributed by atoms with Gasteiger partial charge in [-0.1, -0.05) is 5.92 Å². The maximum Gasteiger partial charge on any atom is 0.266 e. The van der Waals surface area contributed by atoms with E-state index in [0.717, 1.165) is 48.1 Å². The summed E-state index contributed by atoms with van der Waals surface area (Å²) in [6.45, 7) is 7.91. The average Bonchev–Trinajstić information content (AvgIpc) is 2.56. The van der Waals surface area contributed by atoms with Gasteiger partial charge in [0.15, 0.2) is 0 Å². The van der Waals surface area contributed by atoms with Crippen LogP contribution < -0.4 is 10.5 Å². The molecule has 1 N–H and O–H groups in total. The zero-order valence-electron chi connectivity index (χ0n) is 14.8. The molecule has 4 nitrogen and oxygen atoms in total. The van der Waals surface area contributed by atoms with Crippen molar-refractivity contribution < 1.29 is 4.74 Å². The standard InChI is InChI=1S/C20H24N2O2/c1-6-15-18(22-9-7-20(4,24-5)8-10-22)16-11-13(2)14(3)12-17(16)21-19(15)23/h1,11-12H,7-10H2,2-5H3,(H,21,23). The van der Waals surface area contributed by atoms with Gasteiger partial charge in [-0.15, -0.1) is 6.42 Å². The Kier molecular flexibility index (Phi) is 4.15. The van der Waals surface area contributed by atoms with Gasteiger partial charge in [-0.25, -0.2) is 0 Å². The van der Waals surface area contributed by atoms with Crippen LogP contribution in [-0.4, -0.2) is 30.8 Å². The van der Waals surface area contributed by atoms with E-state index in [1.165, 1.54) is 5.56 Å². The number of H-pyrrole nitrogens is 1. The topological polar surface area (TPSA) is 45.3 Å². The third kappa shape index (κ3) is 2.70. The van der Waals surface area contributed by atoms with E-state index in [1.807, 2.05) is 13.0 Å². The Bertz CT molecular complexity index is 881. The van der Waals surface area contributed by atoms with Crippen LogP contribution in [0.25, 0.3) is 10.9 Å². The van der Waals surface area contributed by atoms with Crippen molar-refractivity contribution in [2.45, 2.75) is 39.2 Å². The normalized spacial score (nSPS) is 17.0. The lowest BCUT2D eigenvalue weighted by atomic mass is 9.92. The van der Waals surface area contributed by atoms with Crippen molar-refractivity contribution in [3.05, 3.63) is 39.2 Å². The van der Waals surface area contributed by atoms with Crippen LogP contribution in [0.2, 0.25) is 0 Å². The molecule has 0 saturated carbocycles. The maximum atomic E-state index is 12.5. The molecule has 1 aliphatic rings. The molecule has 0 spiro atoms. The molecule has 1 aliphatic heterocycles. The highest BCUT2D eigenvalue weighted by Crippen LogP contribution is 2.34. The summed E-state index contributed by atoms with van der Waals surface area (Å²) < 4.78 is 5.63. The Morgan fingerprint density at radius 3 is 2.46 bits per heavy atom. The second-order valence-electron chi connectivity index (χ2n) is 6.95. The fraction of sp³-hybridized carbons (Fsp3) is 0.450. The van der Waals surface area contributed by atoms with Gasteiger partial charge in [-0.05, 0) is 56.9 Å². The van der Waals surface area contributed by atoms with Crippen LogP contribution in [0.3, 0.4) is 0 Å². The number of nitrogens with one attached hydrogen (secondary N) is 1. The first-order valence-electron chi connectivity index (χ1n) is 8.32. The molecule has 24 heavy (non-hydrogen) atoms. The van der Waals surface area contributed by atoms with Gasteiger partial charge in [0.2, 0.25) is 0 Å². The van der Waals surface area contributed by atoms with E-state index in [0.29, 0.717) is 5.56 Å². The lowest BCUT2D eigenvalue weighted by molar-refractivity contribution is -0.0132. The largest absolute Gasteiger partial charge is 0.378 e. The van der Waals surface area contributed by atoms with E-state index < -0.39 is 0 Å². The predicted octanol–water partition coefficient (Wildman–Crippen LogP) is 3.13. The SMILES string of the molecule is C#Cc1c(N2CCC(C)(OC)CC2)c2cc(C)c(C)cc2[nH]c1=O. The molecule has 0 atom stereocenters. The Balaban J connectivity index is 2.17. The van der Waals surface area contributed by atoms with Crippen LogP contribution in [0.15, 0.2) is 16.9 Å². The zero-order valence-corrected chi connectivity index (χ0v) is 14.8. The van der Waals surface area contributed by atoms with Crippen LogP contribution >= 0.6 is 0 Å². The number of anilines is 1. The van der Waals surface area contributed by atoms with Crippen LogP contribution in [0.5, 0.6) is 0 Å². The van der Waals surface area contributed by atoms with Crippen molar-refractivity contribution in [1.29, 1.82) is 0 Å². The quantitative estimate of drug-likeness (QED) is 0.863. The number of hydrogen-bond donors (Lipinski definition) is 1. The number of fused-ring (bicyclic) bond motifs is 1. The van der Waals surface area contributed by atoms with E-state index in [4.69, 9.17) is 11.2 Å². The number of nitrogens with zero attached hydrogens (tertiary/aromatic N) is 1. The van der Waals surface area contributed by atoms with Crippen LogP contribution in [-0.2, 0) is 4.74 Å². The molecule has 126 valence electrons. The Morgan fingerprint density at radius 1 is 1.25 bits per heavy atom. The fourth-order valence-electron chi connectivity index (χ4n) is 3.41. The van der Waals surface area contributed by atoms with Crippen molar-refractivity contribution >= 4 is 16.6 Å². The van der Waals surface area contributed by atoms with Crippen molar-refractivity contribution in [2.24, 2.45) is 0 Å². The number of aromatic amines is 1. The molecular formula is C20H24N2O2. The summed E-state index contributed by atoms with van der Waals surface area (Å²) in [6.07, 6.45) is 7.49.